The zero-order chi connectivity index (χ0) is 20.4. The smallest absolute Gasteiger partial charge is 1.00 e. The van der Waals surface area contributed by atoms with Crippen molar-refractivity contribution in [3.05, 3.63) is 121 Å². The molecule has 0 nitrogen and oxygen atoms in total. The molecule has 4 aromatic rings. The molecule has 0 radical (unpaired) electrons. The zero-order valence-corrected chi connectivity index (χ0v) is 24.3. The van der Waals surface area contributed by atoms with Gasteiger partial charge in [0.1, 0.15) is 0 Å². The minimum Gasteiger partial charge on any atom is -1.00 e. The normalized spacial score (nSPS) is 10.1. The van der Waals surface area contributed by atoms with Crippen LogP contribution in [0, 0.1) is 0 Å². The first kappa shape index (κ1) is 30.2. The van der Waals surface area contributed by atoms with E-state index in [2.05, 4.69) is 121 Å². The largest absolute Gasteiger partial charge is 2.00 e. The van der Waals surface area contributed by atoms with Crippen LogP contribution in [0.1, 0.15) is 12.8 Å². The maximum Gasteiger partial charge on any atom is 2.00 e. The van der Waals surface area contributed by atoms with Crippen molar-refractivity contribution in [2.24, 2.45) is 0 Å². The van der Waals surface area contributed by atoms with Crippen LogP contribution < -0.4 is 55.2 Å². The number of unbranched alkanes of at least 4 members (excludes halogenated alkanes) is 1. The summed E-state index contributed by atoms with van der Waals surface area (Å²) in [7, 11) is -0.566. The van der Waals surface area contributed by atoms with Crippen LogP contribution in [0.5, 0.6) is 0 Å². The van der Waals surface area contributed by atoms with Gasteiger partial charge in [0.2, 0.25) is 0 Å². The van der Waals surface area contributed by atoms with Gasteiger partial charge in [0.15, 0.2) is 0 Å². The fraction of sp³-hybridized carbons (Fsp3) is 0.143. The molecule has 0 N–H and O–H groups in total. The van der Waals surface area contributed by atoms with E-state index in [1.807, 2.05) is 0 Å². The molecule has 4 rings (SSSR count). The second-order valence-electron chi connectivity index (χ2n) is 7.35. The summed E-state index contributed by atoms with van der Waals surface area (Å²) in [5.74, 6) is 0. The van der Waals surface area contributed by atoms with Crippen molar-refractivity contribution in [3.8, 4) is 0 Å². The van der Waals surface area contributed by atoms with Crippen LogP contribution in [0.4, 0.5) is 0 Å². The molecule has 0 saturated heterocycles. The van der Waals surface area contributed by atoms with Crippen LogP contribution in [0.15, 0.2) is 121 Å². The van der Waals surface area contributed by atoms with Crippen molar-refractivity contribution >= 4 is 37.1 Å². The maximum absolute atomic E-state index is 2.31. The Morgan fingerprint density at radius 2 is 0.576 bits per heavy atom. The molecule has 0 unspecified atom stereocenters. The molecule has 0 saturated carbocycles. The zero-order valence-electron chi connectivity index (χ0n) is 18.3. The molecule has 0 heterocycles. The third kappa shape index (κ3) is 9.05. The Hall–Kier alpha value is -0.806. The molecule has 5 heteroatoms. The molecule has 33 heavy (non-hydrogen) atoms. The number of benzene rings is 4. The SMILES string of the molecule is [Br-].[Br-].[Ni+2].c1ccc(P(CCCCP(c2ccccc2)c2ccccc2)c2ccccc2)cc1. The minimum atomic E-state index is -0.283. The summed E-state index contributed by atoms with van der Waals surface area (Å²) >= 11 is 0. The fourth-order valence-electron chi connectivity index (χ4n) is 3.79. The molecule has 0 atom stereocenters. The molecule has 4 aromatic carbocycles. The van der Waals surface area contributed by atoms with Crippen LogP contribution in [-0.2, 0) is 16.5 Å². The van der Waals surface area contributed by atoms with Gasteiger partial charge in [-0.25, -0.2) is 0 Å². The van der Waals surface area contributed by atoms with Crippen LogP contribution in [0.2, 0.25) is 0 Å². The van der Waals surface area contributed by atoms with Crippen LogP contribution in [0.25, 0.3) is 0 Å². The van der Waals surface area contributed by atoms with E-state index in [0.29, 0.717) is 0 Å². The van der Waals surface area contributed by atoms with Crippen molar-refractivity contribution in [2.75, 3.05) is 12.3 Å². The molecule has 0 amide bonds. The molecular weight excluding hydrogens is 617 g/mol. The third-order valence-electron chi connectivity index (χ3n) is 5.28. The number of hydrogen-bond donors (Lipinski definition) is 0. The Balaban J connectivity index is 0.00000181. The van der Waals surface area contributed by atoms with E-state index in [0.717, 1.165) is 0 Å². The van der Waals surface area contributed by atoms with Crippen molar-refractivity contribution in [2.45, 2.75) is 12.8 Å². The third-order valence-corrected chi connectivity index (χ3v) is 10.5. The fourth-order valence-corrected chi connectivity index (χ4v) is 8.62. The summed E-state index contributed by atoms with van der Waals surface area (Å²) in [5.41, 5.74) is 0. The van der Waals surface area contributed by atoms with Gasteiger partial charge in [-0.15, -0.1) is 0 Å². The van der Waals surface area contributed by atoms with Gasteiger partial charge in [0.25, 0.3) is 0 Å². The van der Waals surface area contributed by atoms with Crippen molar-refractivity contribution in [3.63, 3.8) is 0 Å². The van der Waals surface area contributed by atoms with E-state index in [9.17, 15) is 0 Å². The van der Waals surface area contributed by atoms with Gasteiger partial charge in [0, 0.05) is 0 Å². The summed E-state index contributed by atoms with van der Waals surface area (Å²) in [5, 5.41) is 5.97. The van der Waals surface area contributed by atoms with Gasteiger partial charge in [-0.2, -0.15) is 0 Å². The van der Waals surface area contributed by atoms with Crippen molar-refractivity contribution in [1.82, 2.24) is 0 Å². The van der Waals surface area contributed by atoms with E-state index in [4.69, 9.17) is 0 Å². The average Bonchev–Trinajstić information content (AvgIpc) is 2.84. The van der Waals surface area contributed by atoms with E-state index < -0.39 is 0 Å². The molecule has 0 fully saturated rings. The Kier molecular flexibility index (Phi) is 15.3. The maximum atomic E-state index is 2.31. The Morgan fingerprint density at radius 3 is 0.788 bits per heavy atom. The Labute approximate surface area is 232 Å². The van der Waals surface area contributed by atoms with Gasteiger partial charge < -0.3 is 34.0 Å². The summed E-state index contributed by atoms with van der Waals surface area (Å²) in [6.45, 7) is 0. The molecule has 0 aromatic heterocycles. The quantitative estimate of drug-likeness (QED) is 0.137. The van der Waals surface area contributed by atoms with Gasteiger partial charge in [-0.3, -0.25) is 0 Å². The predicted molar refractivity (Wildman–Crippen MR) is 137 cm³/mol. The summed E-state index contributed by atoms with van der Waals surface area (Å²) in [4.78, 5) is 0. The van der Waals surface area contributed by atoms with Crippen molar-refractivity contribution in [1.29, 1.82) is 0 Å². The Morgan fingerprint density at radius 1 is 0.364 bits per heavy atom. The van der Waals surface area contributed by atoms with E-state index in [-0.39, 0.29) is 66.3 Å². The summed E-state index contributed by atoms with van der Waals surface area (Å²) in [6, 6.07) is 44.3. The minimum absolute atomic E-state index is 0. The number of rotatable bonds is 9. The van der Waals surface area contributed by atoms with E-state index in [1.165, 1.54) is 46.4 Å². The molecule has 174 valence electrons. The van der Waals surface area contributed by atoms with Crippen molar-refractivity contribution < 1.29 is 50.5 Å². The van der Waals surface area contributed by atoms with Crippen LogP contribution in [-0.4, -0.2) is 12.3 Å². The molecule has 0 aliphatic heterocycles. The Bertz CT molecular complexity index is 839. The van der Waals surface area contributed by atoms with Gasteiger partial charge in [-0.05, 0) is 62.2 Å². The van der Waals surface area contributed by atoms with Crippen LogP contribution in [0.3, 0.4) is 0 Å². The summed E-state index contributed by atoms with van der Waals surface area (Å²) < 4.78 is 0. The first-order valence-electron chi connectivity index (χ1n) is 10.7. The number of halogens is 2. The van der Waals surface area contributed by atoms with Gasteiger partial charge >= 0.3 is 16.5 Å². The monoisotopic (exact) mass is 642 g/mol. The standard InChI is InChI=1S/C28H28P2.2BrH.Ni/c1-5-15-25(16-6-1)29(26-17-7-2-8-18-26)23-13-14-24-30(27-19-9-3-10-20-27)28-21-11-4-12-22-28;;;/h1-12,15-22H,13-14,23-24H2;2*1H;/q;;;+2/p-2. The molecular formula is C28H28Br2NiP2. The topological polar surface area (TPSA) is 0 Å². The van der Waals surface area contributed by atoms with E-state index >= 15 is 0 Å². The molecule has 0 spiro atoms. The van der Waals surface area contributed by atoms with E-state index in [1.54, 1.807) is 0 Å². The molecule has 0 aliphatic carbocycles. The second-order valence-corrected chi connectivity index (χ2v) is 12.0. The average molecular weight is 645 g/mol. The molecule has 0 aliphatic rings. The molecule has 0 bridgehead atoms. The second kappa shape index (κ2) is 16.8. The van der Waals surface area contributed by atoms with Gasteiger partial charge in [-0.1, -0.05) is 121 Å². The van der Waals surface area contributed by atoms with Gasteiger partial charge in [0.05, 0.1) is 0 Å². The first-order chi connectivity index (χ1) is 14.9. The number of hydrogen-bond acceptors (Lipinski definition) is 0. The van der Waals surface area contributed by atoms with Crippen LogP contribution >= 0.6 is 15.8 Å². The summed E-state index contributed by atoms with van der Waals surface area (Å²) in [6.07, 6.45) is 5.06. The predicted octanol–water partition coefficient (Wildman–Crippen LogP) is 0.0379. The first-order valence-corrected chi connectivity index (χ1v) is 13.7.